The molecule has 0 aromatic heterocycles. The van der Waals surface area contributed by atoms with Gasteiger partial charge in [-0.2, -0.15) is 0 Å². The van der Waals surface area contributed by atoms with E-state index in [0.29, 0.717) is 23.4 Å². The Bertz CT molecular complexity index is 1830. The molecule has 0 radical (unpaired) electrons. The third kappa shape index (κ3) is 13.0. The summed E-state index contributed by atoms with van der Waals surface area (Å²) in [5, 5.41) is 15.9. The van der Waals surface area contributed by atoms with Crippen LogP contribution in [0.3, 0.4) is 0 Å². The summed E-state index contributed by atoms with van der Waals surface area (Å²) in [5.74, 6) is -3.56. The summed E-state index contributed by atoms with van der Waals surface area (Å²) >= 11 is 6.08. The molecule has 16 nitrogen and oxygen atoms in total. The fourth-order valence-electron chi connectivity index (χ4n) is 5.77. The summed E-state index contributed by atoms with van der Waals surface area (Å²) in [6.07, 6.45) is 0.897. The number of rotatable bonds is 12. The Kier molecular flexibility index (Phi) is 14.8. The zero-order valence-corrected chi connectivity index (χ0v) is 29.9. The van der Waals surface area contributed by atoms with Crippen LogP contribution in [-0.4, -0.2) is 85.3 Å². The molecule has 3 aromatic rings. The van der Waals surface area contributed by atoms with Gasteiger partial charge in [-0.15, -0.1) is 0 Å². The number of hydrogen-bond donors (Lipinski definition) is 9. The first kappa shape index (κ1) is 39.9. The minimum atomic E-state index is -1.19. The average molecular weight is 748 g/mol. The number of benzene rings is 3. The van der Waals surface area contributed by atoms with Crippen molar-refractivity contribution < 1.29 is 24.0 Å². The van der Waals surface area contributed by atoms with Crippen molar-refractivity contribution in [3.8, 4) is 0 Å². The van der Waals surface area contributed by atoms with Crippen LogP contribution in [0.15, 0.2) is 76.7 Å². The predicted molar refractivity (Wildman–Crippen MR) is 203 cm³/mol. The summed E-state index contributed by atoms with van der Waals surface area (Å²) in [6.45, 7) is -0.143. The smallest absolute Gasteiger partial charge is 0.243 e. The van der Waals surface area contributed by atoms with Gasteiger partial charge in [-0.1, -0.05) is 66.2 Å². The van der Waals surface area contributed by atoms with Gasteiger partial charge in [-0.25, -0.2) is 0 Å². The van der Waals surface area contributed by atoms with Crippen molar-refractivity contribution in [1.29, 1.82) is 0 Å². The summed E-state index contributed by atoms with van der Waals surface area (Å²) in [6, 6.07) is 15.5. The summed E-state index contributed by atoms with van der Waals surface area (Å²) in [4.78, 5) is 76.5. The zero-order chi connectivity index (χ0) is 38.3. The van der Waals surface area contributed by atoms with Crippen molar-refractivity contribution in [3.63, 3.8) is 0 Å². The van der Waals surface area contributed by atoms with Crippen molar-refractivity contribution in [1.82, 2.24) is 26.6 Å². The van der Waals surface area contributed by atoms with Gasteiger partial charge in [0.25, 0.3) is 0 Å². The number of carbonyl (C=O) groups is 5. The molecule has 1 aliphatic rings. The lowest BCUT2D eigenvalue weighted by atomic mass is 10.00. The minimum absolute atomic E-state index is 0.0242. The first-order valence-corrected chi connectivity index (χ1v) is 17.6. The predicted octanol–water partition coefficient (Wildman–Crippen LogP) is -0.545. The Morgan fingerprint density at radius 3 is 1.70 bits per heavy atom. The van der Waals surface area contributed by atoms with E-state index in [0.717, 1.165) is 16.3 Å². The molecule has 13 N–H and O–H groups in total. The molecule has 53 heavy (non-hydrogen) atoms. The second-order valence-corrected chi connectivity index (χ2v) is 13.1. The number of hydrogen-bond acceptors (Lipinski definition) is 7. The molecular weight excluding hydrogens is 702 g/mol. The van der Waals surface area contributed by atoms with E-state index in [-0.39, 0.29) is 50.7 Å². The number of nitrogens with one attached hydrogen (secondary N) is 5. The van der Waals surface area contributed by atoms with Crippen molar-refractivity contribution in [3.05, 3.63) is 82.9 Å². The average Bonchev–Trinajstić information content (AvgIpc) is 3.12. The standard InChI is InChI=1S/C36H46ClN11O5/c37-25-13-10-21(11-14-25)18-29-34(53)46-27(8-4-16-43-36(40)41)33(52)47-28(19-22-9-12-23-5-1-2-6-24(23)17-22)31(50)44-20-30(49)45-26(32(51)48-29)7-3-15-42-35(38)39/h1-2,5-6,9-14,17,26-29H,3-4,7-8,15-16,18-20H2,(H,44,50)(H,45,49)(H,46,53)(H,47,52)(H,48,51)(H4,38,39,42)(H4,40,41,43)/t26-,27-,28-,29+/m0/s1. The van der Waals surface area contributed by atoms with E-state index in [2.05, 4.69) is 36.6 Å². The SMILES string of the molecule is NC(N)=NCCC[C@@H]1NC(=O)CNC(=O)[C@H](Cc2ccc3ccccc3c2)NC(=O)[C@H](CCCN=C(N)N)NC(=O)[C@@H](Cc2ccc(Cl)cc2)NC1=O. The molecule has 1 saturated heterocycles. The fraction of sp³-hybridized carbons (Fsp3) is 0.361. The highest BCUT2D eigenvalue weighted by molar-refractivity contribution is 6.30. The first-order chi connectivity index (χ1) is 25.4. The monoisotopic (exact) mass is 747 g/mol. The van der Waals surface area contributed by atoms with Crippen molar-refractivity contribution in [2.45, 2.75) is 62.7 Å². The molecule has 17 heteroatoms. The number of guanidine groups is 2. The van der Waals surface area contributed by atoms with Gasteiger partial charge in [0, 0.05) is 31.0 Å². The third-order valence-corrected chi connectivity index (χ3v) is 8.72. The Labute approximate surface area is 311 Å². The molecular formula is C36H46ClN11O5. The largest absolute Gasteiger partial charge is 0.370 e. The van der Waals surface area contributed by atoms with Crippen LogP contribution in [0.2, 0.25) is 5.02 Å². The molecule has 282 valence electrons. The quantitative estimate of drug-likeness (QED) is 0.0653. The molecule has 4 atom stereocenters. The zero-order valence-electron chi connectivity index (χ0n) is 29.1. The number of nitrogens with two attached hydrogens (primary N) is 4. The maximum Gasteiger partial charge on any atom is 0.243 e. The molecule has 0 aliphatic carbocycles. The van der Waals surface area contributed by atoms with Gasteiger partial charge in [-0.05, 0) is 59.7 Å². The maximum atomic E-state index is 14.0. The number of halogens is 1. The molecule has 1 fully saturated rings. The van der Waals surface area contributed by atoms with Crippen molar-refractivity contribution >= 4 is 63.8 Å². The van der Waals surface area contributed by atoms with Crippen LogP contribution >= 0.6 is 11.6 Å². The molecule has 3 aromatic carbocycles. The summed E-state index contributed by atoms with van der Waals surface area (Å²) in [7, 11) is 0. The lowest BCUT2D eigenvalue weighted by Gasteiger charge is -2.26. The van der Waals surface area contributed by atoms with Crippen LogP contribution in [0.25, 0.3) is 10.8 Å². The molecule has 1 aliphatic heterocycles. The van der Waals surface area contributed by atoms with Gasteiger partial charge >= 0.3 is 0 Å². The van der Waals surface area contributed by atoms with Crippen LogP contribution in [0, 0.1) is 0 Å². The number of nitrogens with zero attached hydrogens (tertiary/aromatic N) is 2. The minimum Gasteiger partial charge on any atom is -0.370 e. The third-order valence-electron chi connectivity index (χ3n) is 8.47. The highest BCUT2D eigenvalue weighted by Gasteiger charge is 2.32. The Balaban J connectivity index is 1.68. The summed E-state index contributed by atoms with van der Waals surface area (Å²) in [5.41, 5.74) is 23.3. The first-order valence-electron chi connectivity index (χ1n) is 17.2. The van der Waals surface area contributed by atoms with E-state index in [9.17, 15) is 24.0 Å². The fourth-order valence-corrected chi connectivity index (χ4v) is 5.90. The van der Waals surface area contributed by atoms with Crippen LogP contribution < -0.4 is 49.5 Å². The van der Waals surface area contributed by atoms with Gasteiger partial charge in [0.1, 0.15) is 24.2 Å². The lowest BCUT2D eigenvalue weighted by Crippen LogP contribution is -2.58. The van der Waals surface area contributed by atoms with E-state index in [1.165, 1.54) is 0 Å². The molecule has 0 bridgehead atoms. The van der Waals surface area contributed by atoms with Gasteiger partial charge in [-0.3, -0.25) is 34.0 Å². The van der Waals surface area contributed by atoms with Crippen LogP contribution in [0.1, 0.15) is 36.8 Å². The second-order valence-electron chi connectivity index (χ2n) is 12.6. The molecule has 0 saturated carbocycles. The van der Waals surface area contributed by atoms with Crippen molar-refractivity contribution in [2.75, 3.05) is 19.6 Å². The van der Waals surface area contributed by atoms with E-state index >= 15 is 0 Å². The van der Waals surface area contributed by atoms with E-state index in [1.54, 1.807) is 24.3 Å². The highest BCUT2D eigenvalue weighted by atomic mass is 35.5. The molecule has 1 heterocycles. The van der Waals surface area contributed by atoms with Crippen LogP contribution in [0.4, 0.5) is 0 Å². The highest BCUT2D eigenvalue weighted by Crippen LogP contribution is 2.17. The molecule has 5 amide bonds. The van der Waals surface area contributed by atoms with E-state index in [1.807, 2.05) is 42.5 Å². The Morgan fingerprint density at radius 2 is 1.09 bits per heavy atom. The number of carbonyl (C=O) groups excluding carboxylic acids is 5. The molecule has 0 spiro atoms. The van der Waals surface area contributed by atoms with Gasteiger partial charge < -0.3 is 49.5 Å². The van der Waals surface area contributed by atoms with E-state index in [4.69, 9.17) is 34.5 Å². The normalized spacial score (nSPS) is 20.1. The van der Waals surface area contributed by atoms with Gasteiger partial charge in [0.15, 0.2) is 11.9 Å². The van der Waals surface area contributed by atoms with E-state index < -0.39 is 60.2 Å². The molecule has 0 unspecified atom stereocenters. The Morgan fingerprint density at radius 1 is 0.604 bits per heavy atom. The van der Waals surface area contributed by atoms with Gasteiger partial charge in [0.05, 0.1) is 6.54 Å². The number of fused-ring (bicyclic) bond motifs is 1. The molecule has 4 rings (SSSR count). The van der Waals surface area contributed by atoms with Crippen LogP contribution in [-0.2, 0) is 36.8 Å². The maximum absolute atomic E-state index is 14.0. The van der Waals surface area contributed by atoms with Crippen molar-refractivity contribution in [2.24, 2.45) is 32.9 Å². The van der Waals surface area contributed by atoms with Crippen LogP contribution in [0.5, 0.6) is 0 Å². The summed E-state index contributed by atoms with van der Waals surface area (Å²) < 4.78 is 0. The number of aliphatic imine (C=N–C) groups is 2. The topological polar surface area (TPSA) is 274 Å². The van der Waals surface area contributed by atoms with Gasteiger partial charge in [0.2, 0.25) is 29.5 Å². The lowest BCUT2D eigenvalue weighted by molar-refractivity contribution is -0.134. The second kappa shape index (κ2) is 19.6. The number of amides is 5. The Hall–Kier alpha value is -5.90.